The van der Waals surface area contributed by atoms with Crippen molar-refractivity contribution in [1.82, 2.24) is 10.6 Å². The average molecular weight is 360 g/mol. The van der Waals surface area contributed by atoms with Gasteiger partial charge in [0.25, 0.3) is 0 Å². The minimum atomic E-state index is -0.238. The van der Waals surface area contributed by atoms with Crippen molar-refractivity contribution in [3.8, 4) is 0 Å². The monoisotopic (exact) mass is 359 g/mol. The first-order valence-electron chi connectivity index (χ1n) is 7.21. The predicted octanol–water partition coefficient (Wildman–Crippen LogP) is 2.72. The minimum absolute atomic E-state index is 0.238. The van der Waals surface area contributed by atoms with E-state index in [1.54, 1.807) is 12.1 Å². The number of benzene rings is 1. The summed E-state index contributed by atoms with van der Waals surface area (Å²) in [6, 6.07) is 5.07. The molecule has 0 radical (unpaired) electrons. The number of hydrogen-bond acceptors (Lipinski definition) is 2. The molecule has 0 saturated carbocycles. The van der Waals surface area contributed by atoms with Crippen molar-refractivity contribution in [2.45, 2.75) is 20.3 Å². The molecule has 1 aromatic rings. The van der Waals surface area contributed by atoms with Gasteiger partial charge in [-0.05, 0) is 53.9 Å². The van der Waals surface area contributed by atoms with Crippen LogP contribution in [0.15, 0.2) is 27.7 Å². The minimum Gasteiger partial charge on any atom is -0.380 e. The van der Waals surface area contributed by atoms with E-state index in [1.807, 2.05) is 13.8 Å². The van der Waals surface area contributed by atoms with E-state index in [-0.39, 0.29) is 5.82 Å². The third kappa shape index (κ3) is 7.43. The van der Waals surface area contributed by atoms with Gasteiger partial charge >= 0.3 is 0 Å². The molecule has 1 rings (SSSR count). The zero-order chi connectivity index (χ0) is 15.5. The molecule has 0 atom stereocenters. The number of ether oxygens (including phenoxy) is 1. The van der Waals surface area contributed by atoms with Gasteiger partial charge in [0, 0.05) is 19.7 Å². The molecule has 0 amide bonds. The molecule has 0 aliphatic rings. The fourth-order valence-electron chi connectivity index (χ4n) is 1.73. The predicted molar refractivity (Wildman–Crippen MR) is 88.3 cm³/mol. The molecule has 0 fully saturated rings. The molecular weight excluding hydrogens is 337 g/mol. The summed E-state index contributed by atoms with van der Waals surface area (Å²) in [6.45, 7) is 7.49. The molecule has 0 aromatic heterocycles. The second kappa shape index (κ2) is 10.6. The Bertz CT molecular complexity index is 455. The number of halogens is 2. The average Bonchev–Trinajstić information content (AvgIpc) is 2.47. The van der Waals surface area contributed by atoms with Crippen molar-refractivity contribution < 1.29 is 9.13 Å². The highest BCUT2D eigenvalue weighted by atomic mass is 79.9. The quantitative estimate of drug-likeness (QED) is 0.426. The first-order valence-corrected chi connectivity index (χ1v) is 8.00. The highest BCUT2D eigenvalue weighted by Gasteiger charge is 2.01. The summed E-state index contributed by atoms with van der Waals surface area (Å²) in [5, 5.41) is 6.43. The third-order valence-corrected chi connectivity index (χ3v) is 3.35. The van der Waals surface area contributed by atoms with E-state index >= 15 is 0 Å². The zero-order valence-electron chi connectivity index (χ0n) is 12.6. The molecule has 0 bridgehead atoms. The molecule has 0 aliphatic heterocycles. The highest BCUT2D eigenvalue weighted by molar-refractivity contribution is 9.10. The van der Waals surface area contributed by atoms with Crippen LogP contribution in [0.2, 0.25) is 0 Å². The maximum atomic E-state index is 13.1. The van der Waals surface area contributed by atoms with Gasteiger partial charge in [0.1, 0.15) is 5.82 Å². The van der Waals surface area contributed by atoms with Gasteiger partial charge < -0.3 is 15.4 Å². The molecule has 0 unspecified atom stereocenters. The van der Waals surface area contributed by atoms with Crippen molar-refractivity contribution >= 4 is 21.9 Å². The molecule has 0 heterocycles. The van der Waals surface area contributed by atoms with E-state index in [2.05, 4.69) is 31.6 Å². The number of aliphatic imine (C=N–C) groups is 1. The van der Waals surface area contributed by atoms with Crippen molar-refractivity contribution in [2.24, 2.45) is 4.99 Å². The van der Waals surface area contributed by atoms with E-state index in [0.717, 1.165) is 31.0 Å². The lowest BCUT2D eigenvalue weighted by atomic mass is 10.1. The van der Waals surface area contributed by atoms with Crippen LogP contribution in [-0.2, 0) is 11.2 Å². The SMILES string of the molecule is CCNC(=NCCOCC)NCCc1ccc(F)c(Br)c1. The zero-order valence-corrected chi connectivity index (χ0v) is 14.2. The van der Waals surface area contributed by atoms with Gasteiger partial charge in [-0.25, -0.2) is 4.39 Å². The fraction of sp³-hybridized carbons (Fsp3) is 0.533. The molecular formula is C15H23BrFN3O. The van der Waals surface area contributed by atoms with Crippen LogP contribution in [0, 0.1) is 5.82 Å². The number of nitrogens with one attached hydrogen (secondary N) is 2. The van der Waals surface area contributed by atoms with Crippen LogP contribution in [0.5, 0.6) is 0 Å². The summed E-state index contributed by atoms with van der Waals surface area (Å²) in [7, 11) is 0. The lowest BCUT2D eigenvalue weighted by molar-refractivity contribution is 0.155. The van der Waals surface area contributed by atoms with E-state index in [0.29, 0.717) is 24.2 Å². The molecule has 0 spiro atoms. The summed E-state index contributed by atoms with van der Waals surface area (Å²) in [6.07, 6.45) is 0.800. The van der Waals surface area contributed by atoms with E-state index in [1.165, 1.54) is 6.07 Å². The fourth-order valence-corrected chi connectivity index (χ4v) is 2.15. The largest absolute Gasteiger partial charge is 0.380 e. The van der Waals surface area contributed by atoms with Crippen molar-refractivity contribution in [1.29, 1.82) is 0 Å². The maximum absolute atomic E-state index is 13.1. The lowest BCUT2D eigenvalue weighted by Crippen LogP contribution is -2.38. The standard InChI is InChI=1S/C15H23BrFN3O/c1-3-18-15(20-9-10-21-4-2)19-8-7-12-5-6-14(17)13(16)11-12/h5-6,11H,3-4,7-10H2,1-2H3,(H2,18,19,20). The van der Waals surface area contributed by atoms with Crippen molar-refractivity contribution in [3.63, 3.8) is 0 Å². The van der Waals surface area contributed by atoms with Gasteiger partial charge in [-0.3, -0.25) is 4.99 Å². The van der Waals surface area contributed by atoms with Crippen LogP contribution in [0.1, 0.15) is 19.4 Å². The van der Waals surface area contributed by atoms with Gasteiger partial charge in [-0.1, -0.05) is 6.07 Å². The number of hydrogen-bond donors (Lipinski definition) is 2. The van der Waals surface area contributed by atoms with Crippen molar-refractivity contribution in [2.75, 3.05) is 32.8 Å². The summed E-state index contributed by atoms with van der Waals surface area (Å²) < 4.78 is 18.9. The normalized spacial score (nSPS) is 11.5. The van der Waals surface area contributed by atoms with E-state index in [4.69, 9.17) is 4.74 Å². The molecule has 0 aliphatic carbocycles. The Morgan fingerprint density at radius 3 is 2.81 bits per heavy atom. The Hall–Kier alpha value is -1.14. The molecule has 0 saturated heterocycles. The van der Waals surface area contributed by atoms with Crippen LogP contribution < -0.4 is 10.6 Å². The molecule has 4 nitrogen and oxygen atoms in total. The highest BCUT2D eigenvalue weighted by Crippen LogP contribution is 2.16. The smallest absolute Gasteiger partial charge is 0.191 e. The summed E-state index contributed by atoms with van der Waals surface area (Å²) >= 11 is 3.20. The van der Waals surface area contributed by atoms with Gasteiger partial charge in [-0.2, -0.15) is 0 Å². The Labute approximate surface area is 134 Å². The first-order chi connectivity index (χ1) is 10.2. The Kier molecular flexibility index (Phi) is 9.01. The van der Waals surface area contributed by atoms with Gasteiger partial charge in [-0.15, -0.1) is 0 Å². The Morgan fingerprint density at radius 1 is 1.33 bits per heavy atom. The molecule has 1 aromatic carbocycles. The van der Waals surface area contributed by atoms with Gasteiger partial charge in [0.05, 0.1) is 17.6 Å². The second-order valence-electron chi connectivity index (χ2n) is 4.38. The van der Waals surface area contributed by atoms with Gasteiger partial charge in [0.2, 0.25) is 0 Å². The van der Waals surface area contributed by atoms with E-state index < -0.39 is 0 Å². The molecule has 2 N–H and O–H groups in total. The van der Waals surface area contributed by atoms with Crippen LogP contribution in [0.25, 0.3) is 0 Å². The summed E-state index contributed by atoms with van der Waals surface area (Å²) in [5.41, 5.74) is 1.07. The topological polar surface area (TPSA) is 45.7 Å². The number of guanidine groups is 1. The summed E-state index contributed by atoms with van der Waals surface area (Å²) in [5.74, 6) is 0.538. The van der Waals surface area contributed by atoms with Gasteiger partial charge in [0.15, 0.2) is 5.96 Å². The van der Waals surface area contributed by atoms with Crippen LogP contribution >= 0.6 is 15.9 Å². The maximum Gasteiger partial charge on any atom is 0.191 e. The number of rotatable bonds is 8. The Morgan fingerprint density at radius 2 is 2.14 bits per heavy atom. The Balaban J connectivity index is 2.40. The van der Waals surface area contributed by atoms with Crippen LogP contribution in [0.4, 0.5) is 4.39 Å². The third-order valence-electron chi connectivity index (χ3n) is 2.74. The van der Waals surface area contributed by atoms with Crippen LogP contribution in [-0.4, -0.2) is 38.8 Å². The van der Waals surface area contributed by atoms with Crippen molar-refractivity contribution in [3.05, 3.63) is 34.1 Å². The first kappa shape index (κ1) is 17.9. The molecule has 6 heteroatoms. The molecule has 21 heavy (non-hydrogen) atoms. The lowest BCUT2D eigenvalue weighted by Gasteiger charge is -2.11. The van der Waals surface area contributed by atoms with Crippen LogP contribution in [0.3, 0.4) is 0 Å². The molecule has 118 valence electrons. The second-order valence-corrected chi connectivity index (χ2v) is 5.24. The number of nitrogens with zero attached hydrogens (tertiary/aromatic N) is 1. The summed E-state index contributed by atoms with van der Waals surface area (Å²) in [4.78, 5) is 4.41. The van der Waals surface area contributed by atoms with E-state index in [9.17, 15) is 4.39 Å².